The van der Waals surface area contributed by atoms with Gasteiger partial charge in [-0.1, -0.05) is 6.08 Å². The van der Waals surface area contributed by atoms with Gasteiger partial charge in [0.1, 0.15) is 0 Å². The lowest BCUT2D eigenvalue weighted by Gasteiger charge is -2.35. The van der Waals surface area contributed by atoms with Gasteiger partial charge in [-0.05, 0) is 6.42 Å². The first-order valence-electron chi connectivity index (χ1n) is 7.19. The van der Waals surface area contributed by atoms with E-state index in [0.29, 0.717) is 12.0 Å². The molecule has 22 heavy (non-hydrogen) atoms. The summed E-state index contributed by atoms with van der Waals surface area (Å²) in [6.07, 6.45) is 2.36. The van der Waals surface area contributed by atoms with Gasteiger partial charge in [0, 0.05) is 43.9 Å². The quantitative estimate of drug-likeness (QED) is 0.473. The number of phenolic OH excluding ortho intramolecular Hbond substituents is 1. The summed E-state index contributed by atoms with van der Waals surface area (Å²) in [5, 5.41) is 24.8. The molecule has 1 aromatic rings. The summed E-state index contributed by atoms with van der Waals surface area (Å²) in [5.74, 6) is 0.0758. The average molecular weight is 307 g/mol. The zero-order valence-electron chi connectivity index (χ0n) is 12.6. The zero-order valence-corrected chi connectivity index (χ0v) is 12.6. The van der Waals surface area contributed by atoms with E-state index in [9.17, 15) is 15.2 Å². The highest BCUT2D eigenvalue weighted by atomic mass is 16.6. The summed E-state index contributed by atoms with van der Waals surface area (Å²) in [4.78, 5) is 12.8. The molecule has 1 aliphatic heterocycles. The molecular weight excluding hydrogens is 286 g/mol. The van der Waals surface area contributed by atoms with Crippen LogP contribution in [0.5, 0.6) is 11.5 Å². The molecule has 2 N–H and O–H groups in total. The molecule has 0 saturated carbocycles. The van der Waals surface area contributed by atoms with E-state index in [2.05, 4.69) is 16.8 Å². The maximum atomic E-state index is 11.1. The highest BCUT2D eigenvalue weighted by molar-refractivity contribution is 5.54. The SMILES string of the molecule is C=CC[C@H](c1cc([N+](=O)[O-])cc(OC)c1O)N1CCNCC1. The van der Waals surface area contributed by atoms with Crippen molar-refractivity contribution < 1.29 is 14.8 Å². The molecule has 0 aliphatic carbocycles. The Morgan fingerprint density at radius 3 is 2.77 bits per heavy atom. The fraction of sp³-hybridized carbons (Fsp3) is 0.467. The van der Waals surface area contributed by atoms with E-state index in [4.69, 9.17) is 4.74 Å². The lowest BCUT2D eigenvalue weighted by atomic mass is 9.98. The minimum absolute atomic E-state index is 0.0431. The van der Waals surface area contributed by atoms with E-state index in [-0.39, 0.29) is 23.2 Å². The predicted octanol–water partition coefficient (Wildman–Crippen LogP) is 1.83. The van der Waals surface area contributed by atoms with Crippen LogP contribution >= 0.6 is 0 Å². The molecule has 0 unspecified atom stereocenters. The molecule has 1 fully saturated rings. The molecule has 2 rings (SSSR count). The van der Waals surface area contributed by atoms with Crippen LogP contribution < -0.4 is 10.1 Å². The number of nitrogens with zero attached hydrogens (tertiary/aromatic N) is 2. The summed E-state index contributed by atoms with van der Waals surface area (Å²) in [5.41, 5.74) is 0.418. The third kappa shape index (κ3) is 3.37. The lowest BCUT2D eigenvalue weighted by Crippen LogP contribution is -2.45. The number of non-ortho nitro benzene ring substituents is 1. The van der Waals surface area contributed by atoms with Crippen molar-refractivity contribution in [3.8, 4) is 11.5 Å². The van der Waals surface area contributed by atoms with Gasteiger partial charge in [0.2, 0.25) is 0 Å². The largest absolute Gasteiger partial charge is 0.504 e. The third-order valence-electron chi connectivity index (χ3n) is 3.86. The highest BCUT2D eigenvalue weighted by Gasteiger charge is 2.27. The van der Waals surface area contributed by atoms with Gasteiger partial charge in [0.25, 0.3) is 5.69 Å². The molecule has 0 aromatic heterocycles. The van der Waals surface area contributed by atoms with Crippen molar-refractivity contribution >= 4 is 5.69 Å². The number of ether oxygens (including phenoxy) is 1. The monoisotopic (exact) mass is 307 g/mol. The van der Waals surface area contributed by atoms with Gasteiger partial charge in [-0.15, -0.1) is 6.58 Å². The van der Waals surface area contributed by atoms with Crippen molar-refractivity contribution in [2.24, 2.45) is 0 Å². The van der Waals surface area contributed by atoms with Crippen LogP contribution in [0.2, 0.25) is 0 Å². The Morgan fingerprint density at radius 1 is 1.55 bits per heavy atom. The van der Waals surface area contributed by atoms with E-state index >= 15 is 0 Å². The standard InChI is InChI=1S/C15H21N3O4/c1-3-4-13(17-7-5-16-6-8-17)12-9-11(18(20)21)10-14(22-2)15(12)19/h3,9-10,13,16,19H,1,4-8H2,2H3/t13-/m1/s1. The van der Waals surface area contributed by atoms with Gasteiger partial charge in [-0.2, -0.15) is 0 Å². The molecule has 120 valence electrons. The number of nitro benzene ring substituents is 1. The molecule has 0 spiro atoms. The van der Waals surface area contributed by atoms with E-state index in [1.165, 1.54) is 19.2 Å². The van der Waals surface area contributed by atoms with Gasteiger partial charge in [-0.3, -0.25) is 15.0 Å². The highest BCUT2D eigenvalue weighted by Crippen LogP contribution is 2.41. The van der Waals surface area contributed by atoms with Gasteiger partial charge in [-0.25, -0.2) is 0 Å². The van der Waals surface area contributed by atoms with Gasteiger partial charge >= 0.3 is 0 Å². The average Bonchev–Trinajstić information content (AvgIpc) is 2.54. The Labute approximate surface area is 129 Å². The first kappa shape index (κ1) is 16.3. The van der Waals surface area contributed by atoms with Crippen LogP contribution in [0.4, 0.5) is 5.69 Å². The number of benzene rings is 1. The fourth-order valence-corrected chi connectivity index (χ4v) is 2.75. The van der Waals surface area contributed by atoms with Crippen LogP contribution in [0.15, 0.2) is 24.8 Å². The Bertz CT molecular complexity index is 556. The fourth-order valence-electron chi connectivity index (χ4n) is 2.75. The summed E-state index contributed by atoms with van der Waals surface area (Å²) < 4.78 is 5.08. The molecule has 1 atom stereocenters. The number of hydrogen-bond donors (Lipinski definition) is 2. The summed E-state index contributed by atoms with van der Waals surface area (Å²) in [6.45, 7) is 7.07. The van der Waals surface area contributed by atoms with Crippen LogP contribution in [0.1, 0.15) is 18.0 Å². The van der Waals surface area contributed by atoms with E-state index < -0.39 is 4.92 Å². The number of nitrogens with one attached hydrogen (secondary N) is 1. The van der Waals surface area contributed by atoms with Crippen molar-refractivity contribution in [3.63, 3.8) is 0 Å². The second-order valence-corrected chi connectivity index (χ2v) is 5.17. The molecule has 1 saturated heterocycles. The number of nitro groups is 1. The third-order valence-corrected chi connectivity index (χ3v) is 3.86. The molecule has 0 radical (unpaired) electrons. The maximum absolute atomic E-state index is 11.1. The van der Waals surface area contributed by atoms with Gasteiger partial charge in [0.05, 0.1) is 18.1 Å². The van der Waals surface area contributed by atoms with Crippen LogP contribution in [-0.2, 0) is 0 Å². The van der Waals surface area contributed by atoms with Crippen LogP contribution in [0.3, 0.4) is 0 Å². The molecular formula is C15H21N3O4. The van der Waals surface area contributed by atoms with Crippen molar-refractivity contribution in [1.82, 2.24) is 10.2 Å². The van der Waals surface area contributed by atoms with Crippen LogP contribution in [-0.4, -0.2) is 48.2 Å². The second kappa shape index (κ2) is 7.24. The number of methoxy groups -OCH3 is 1. The molecule has 0 amide bonds. The number of piperazine rings is 1. The predicted molar refractivity (Wildman–Crippen MR) is 83.3 cm³/mol. The minimum Gasteiger partial charge on any atom is -0.504 e. The van der Waals surface area contributed by atoms with E-state index in [1.54, 1.807) is 6.08 Å². The van der Waals surface area contributed by atoms with Gasteiger partial charge < -0.3 is 15.2 Å². The zero-order chi connectivity index (χ0) is 16.1. The maximum Gasteiger partial charge on any atom is 0.273 e. The molecule has 1 aromatic carbocycles. The number of hydrogen-bond acceptors (Lipinski definition) is 6. The number of aromatic hydroxyl groups is 1. The van der Waals surface area contributed by atoms with Crippen molar-refractivity contribution in [1.29, 1.82) is 0 Å². The summed E-state index contributed by atoms with van der Waals surface area (Å²) >= 11 is 0. The lowest BCUT2D eigenvalue weighted by molar-refractivity contribution is -0.385. The molecule has 1 heterocycles. The summed E-state index contributed by atoms with van der Waals surface area (Å²) in [6, 6.07) is 2.50. The van der Waals surface area contributed by atoms with Crippen LogP contribution in [0, 0.1) is 10.1 Å². The van der Waals surface area contributed by atoms with Gasteiger partial charge in [0.15, 0.2) is 11.5 Å². The normalized spacial score (nSPS) is 17.0. The molecule has 7 nitrogen and oxygen atoms in total. The van der Waals surface area contributed by atoms with E-state index in [0.717, 1.165) is 26.2 Å². The minimum atomic E-state index is -0.478. The van der Waals surface area contributed by atoms with Crippen molar-refractivity contribution in [2.45, 2.75) is 12.5 Å². The Hall–Kier alpha value is -2.12. The number of rotatable bonds is 6. The molecule has 1 aliphatic rings. The molecule has 7 heteroatoms. The Kier molecular flexibility index (Phi) is 5.35. The first-order chi connectivity index (χ1) is 10.6. The van der Waals surface area contributed by atoms with Crippen molar-refractivity contribution in [2.75, 3.05) is 33.3 Å². The van der Waals surface area contributed by atoms with Crippen molar-refractivity contribution in [3.05, 3.63) is 40.5 Å². The first-order valence-corrected chi connectivity index (χ1v) is 7.19. The van der Waals surface area contributed by atoms with Crippen LogP contribution in [0.25, 0.3) is 0 Å². The number of phenols is 1. The second-order valence-electron chi connectivity index (χ2n) is 5.17. The Balaban J connectivity index is 2.46. The molecule has 0 bridgehead atoms. The van der Waals surface area contributed by atoms with E-state index in [1.807, 2.05) is 0 Å². The Morgan fingerprint density at radius 2 is 2.23 bits per heavy atom. The summed E-state index contributed by atoms with van der Waals surface area (Å²) in [7, 11) is 1.38. The topological polar surface area (TPSA) is 87.9 Å². The smallest absolute Gasteiger partial charge is 0.273 e.